The van der Waals surface area contributed by atoms with Crippen LogP contribution < -0.4 is 0 Å². The van der Waals surface area contributed by atoms with Gasteiger partial charge >= 0.3 is 0 Å². The minimum Gasteiger partial charge on any atom is -0.340 e. The number of carbonyl (C=O) groups excluding carboxylic acids is 1. The predicted molar refractivity (Wildman–Crippen MR) is 105 cm³/mol. The van der Waals surface area contributed by atoms with E-state index in [1.165, 1.54) is 17.7 Å². The number of carbonyl (C=O) groups is 1. The molecule has 0 bridgehead atoms. The maximum atomic E-state index is 13.6. The number of likely N-dealkylation sites (tertiary alicyclic amines) is 1. The van der Waals surface area contributed by atoms with Gasteiger partial charge in [-0.25, -0.2) is 14.4 Å². The highest BCUT2D eigenvalue weighted by atomic mass is 19.1. The summed E-state index contributed by atoms with van der Waals surface area (Å²) in [5.41, 5.74) is 3.77. The Balaban J connectivity index is 1.49. The molecule has 2 aromatic heterocycles. The van der Waals surface area contributed by atoms with E-state index in [0.29, 0.717) is 12.2 Å². The normalized spacial score (nSPS) is 21.5. The predicted octanol–water partition coefficient (Wildman–Crippen LogP) is 3.54. The van der Waals surface area contributed by atoms with Crippen molar-refractivity contribution in [2.75, 3.05) is 13.1 Å². The number of halogens is 1. The second-order valence-corrected chi connectivity index (χ2v) is 8.19. The van der Waals surface area contributed by atoms with Gasteiger partial charge in [-0.2, -0.15) is 0 Å². The second kappa shape index (κ2) is 6.12. The summed E-state index contributed by atoms with van der Waals surface area (Å²) in [5.74, 6) is 0.517. The van der Waals surface area contributed by atoms with Gasteiger partial charge in [-0.15, -0.1) is 0 Å². The average Bonchev–Trinajstić information content (AvgIpc) is 3.19. The third-order valence-corrected chi connectivity index (χ3v) is 6.45. The summed E-state index contributed by atoms with van der Waals surface area (Å²) in [6.45, 7) is 3.35. The zero-order valence-electron chi connectivity index (χ0n) is 16.2. The van der Waals surface area contributed by atoms with E-state index in [4.69, 9.17) is 4.98 Å². The molecule has 5 nitrogen and oxygen atoms in total. The zero-order chi connectivity index (χ0) is 19.5. The molecule has 1 atom stereocenters. The van der Waals surface area contributed by atoms with Crippen LogP contribution in [0.25, 0.3) is 10.9 Å². The summed E-state index contributed by atoms with van der Waals surface area (Å²) in [6, 6.07) is 6.45. The number of hydrogen-bond acceptors (Lipinski definition) is 3. The van der Waals surface area contributed by atoms with Crippen LogP contribution in [-0.2, 0) is 18.9 Å². The highest BCUT2D eigenvalue weighted by Crippen LogP contribution is 2.44. The van der Waals surface area contributed by atoms with Gasteiger partial charge in [0.05, 0.1) is 5.69 Å². The van der Waals surface area contributed by atoms with E-state index in [0.717, 1.165) is 54.6 Å². The molecule has 28 heavy (non-hydrogen) atoms. The number of hydrogen-bond donors (Lipinski definition) is 0. The first-order valence-electron chi connectivity index (χ1n) is 9.84. The van der Waals surface area contributed by atoms with E-state index in [2.05, 4.69) is 4.98 Å². The molecule has 1 aliphatic carbocycles. The Bertz CT molecular complexity index is 1100. The van der Waals surface area contributed by atoms with Crippen molar-refractivity contribution in [1.82, 2.24) is 19.4 Å². The molecule has 1 aromatic carbocycles. The smallest absolute Gasteiger partial charge is 0.270 e. The minimum absolute atomic E-state index is 0.0115. The molecule has 1 unspecified atom stereocenters. The molecule has 3 heterocycles. The highest BCUT2D eigenvalue weighted by molar-refractivity contribution is 5.98. The van der Waals surface area contributed by atoms with Crippen LogP contribution in [0.1, 0.15) is 46.8 Å². The Morgan fingerprint density at radius 3 is 2.96 bits per heavy atom. The molecule has 1 amide bonds. The van der Waals surface area contributed by atoms with Gasteiger partial charge in [0.15, 0.2) is 0 Å². The van der Waals surface area contributed by atoms with Crippen LogP contribution in [0.4, 0.5) is 4.39 Å². The fourth-order valence-corrected chi connectivity index (χ4v) is 5.02. The van der Waals surface area contributed by atoms with Crippen LogP contribution in [-0.4, -0.2) is 38.4 Å². The van der Waals surface area contributed by atoms with Crippen molar-refractivity contribution in [1.29, 1.82) is 0 Å². The molecule has 3 aromatic rings. The molecular weight excluding hydrogens is 355 g/mol. The quantitative estimate of drug-likeness (QED) is 0.651. The van der Waals surface area contributed by atoms with E-state index in [-0.39, 0.29) is 17.1 Å². The summed E-state index contributed by atoms with van der Waals surface area (Å²) < 4.78 is 15.5. The number of amides is 1. The fraction of sp³-hybridized carbons (Fsp3) is 0.409. The van der Waals surface area contributed by atoms with Gasteiger partial charge in [0.2, 0.25) is 0 Å². The summed E-state index contributed by atoms with van der Waals surface area (Å²) >= 11 is 0. The van der Waals surface area contributed by atoms with E-state index >= 15 is 0 Å². The van der Waals surface area contributed by atoms with E-state index < -0.39 is 0 Å². The Morgan fingerprint density at radius 1 is 1.25 bits per heavy atom. The van der Waals surface area contributed by atoms with Crippen molar-refractivity contribution < 1.29 is 9.18 Å². The SMILES string of the molecule is Cc1ncc2c(n1)C1(CCCN(C(=O)c3cc4cc(F)ccc4n3C)C1)CC2. The molecule has 144 valence electrons. The molecule has 1 aliphatic heterocycles. The topological polar surface area (TPSA) is 51.0 Å². The van der Waals surface area contributed by atoms with Crippen LogP contribution >= 0.6 is 0 Å². The molecule has 1 saturated heterocycles. The molecule has 1 spiro atoms. The summed E-state index contributed by atoms with van der Waals surface area (Å²) in [4.78, 5) is 24.4. The van der Waals surface area contributed by atoms with E-state index in [9.17, 15) is 9.18 Å². The molecule has 1 fully saturated rings. The first-order chi connectivity index (χ1) is 13.5. The van der Waals surface area contributed by atoms with E-state index in [1.54, 1.807) is 12.1 Å². The summed E-state index contributed by atoms with van der Waals surface area (Å²) in [6.07, 6.45) is 5.97. The third kappa shape index (κ3) is 2.54. The highest BCUT2D eigenvalue weighted by Gasteiger charge is 2.45. The number of aromatic nitrogens is 3. The lowest BCUT2D eigenvalue weighted by Crippen LogP contribution is -2.48. The van der Waals surface area contributed by atoms with Crippen LogP contribution in [0.5, 0.6) is 0 Å². The van der Waals surface area contributed by atoms with Crippen molar-refractivity contribution >= 4 is 16.8 Å². The van der Waals surface area contributed by atoms with Crippen molar-refractivity contribution in [3.8, 4) is 0 Å². The number of benzene rings is 1. The molecule has 0 radical (unpaired) electrons. The van der Waals surface area contributed by atoms with Crippen LogP contribution in [0.2, 0.25) is 0 Å². The molecule has 6 heteroatoms. The summed E-state index contributed by atoms with van der Waals surface area (Å²) in [7, 11) is 1.87. The van der Waals surface area contributed by atoms with Gasteiger partial charge in [0.1, 0.15) is 17.3 Å². The van der Waals surface area contributed by atoms with Gasteiger partial charge in [0.25, 0.3) is 5.91 Å². The second-order valence-electron chi connectivity index (χ2n) is 8.19. The van der Waals surface area contributed by atoms with Crippen LogP contribution in [0, 0.1) is 12.7 Å². The lowest BCUT2D eigenvalue weighted by molar-refractivity contribution is 0.0624. The largest absolute Gasteiger partial charge is 0.340 e. The average molecular weight is 378 g/mol. The van der Waals surface area contributed by atoms with Gasteiger partial charge in [-0.3, -0.25) is 4.79 Å². The maximum absolute atomic E-state index is 13.6. The lowest BCUT2D eigenvalue weighted by Gasteiger charge is -2.40. The first-order valence-corrected chi connectivity index (χ1v) is 9.84. The van der Waals surface area contributed by atoms with E-state index in [1.807, 2.05) is 29.6 Å². The van der Waals surface area contributed by atoms with Gasteiger partial charge in [0, 0.05) is 42.7 Å². The van der Waals surface area contributed by atoms with Gasteiger partial charge < -0.3 is 9.47 Å². The lowest BCUT2D eigenvalue weighted by atomic mass is 9.77. The number of aryl methyl sites for hydroxylation is 3. The first kappa shape index (κ1) is 17.3. The fourth-order valence-electron chi connectivity index (χ4n) is 5.02. The summed E-state index contributed by atoms with van der Waals surface area (Å²) in [5, 5.41) is 0.757. The minimum atomic E-state index is -0.286. The Kier molecular flexibility index (Phi) is 3.79. The van der Waals surface area contributed by atoms with Crippen LogP contribution in [0.15, 0.2) is 30.5 Å². The van der Waals surface area contributed by atoms with Crippen LogP contribution in [0.3, 0.4) is 0 Å². The molecular formula is C22H23FN4O. The third-order valence-electron chi connectivity index (χ3n) is 6.45. The number of piperidine rings is 1. The monoisotopic (exact) mass is 378 g/mol. The van der Waals surface area contributed by atoms with Gasteiger partial charge in [-0.1, -0.05) is 0 Å². The van der Waals surface area contributed by atoms with Crippen molar-refractivity contribution in [2.45, 2.75) is 38.0 Å². The Hall–Kier alpha value is -2.76. The molecule has 2 aliphatic rings. The molecule has 0 saturated carbocycles. The van der Waals surface area contributed by atoms with Gasteiger partial charge in [-0.05, 0) is 62.4 Å². The number of fused-ring (bicyclic) bond motifs is 3. The molecule has 5 rings (SSSR count). The van der Waals surface area contributed by atoms with Crippen molar-refractivity contribution in [3.05, 3.63) is 59.1 Å². The Morgan fingerprint density at radius 2 is 2.11 bits per heavy atom. The van der Waals surface area contributed by atoms with Crippen molar-refractivity contribution in [2.24, 2.45) is 7.05 Å². The number of nitrogens with zero attached hydrogens (tertiary/aromatic N) is 4. The maximum Gasteiger partial charge on any atom is 0.270 e. The number of rotatable bonds is 1. The van der Waals surface area contributed by atoms with Crippen molar-refractivity contribution in [3.63, 3.8) is 0 Å². The zero-order valence-corrected chi connectivity index (χ0v) is 16.2. The molecule has 0 N–H and O–H groups in total. The Labute approximate surface area is 163 Å². The standard InChI is InChI=1S/C22H23FN4O/c1-14-24-12-15-6-8-22(20(15)25-14)7-3-9-27(13-22)21(28)19-11-16-10-17(23)4-5-18(16)26(19)2/h4-5,10-12H,3,6-9,13H2,1-2H3.